The molecule has 3 rings (SSSR count). The summed E-state index contributed by atoms with van der Waals surface area (Å²) in [7, 11) is -3.48. The van der Waals surface area contributed by atoms with Crippen molar-refractivity contribution in [2.75, 3.05) is 35.8 Å². The number of anilines is 2. The molecule has 0 unspecified atom stereocenters. The van der Waals surface area contributed by atoms with Crippen molar-refractivity contribution in [1.29, 1.82) is 0 Å². The van der Waals surface area contributed by atoms with Gasteiger partial charge in [-0.3, -0.25) is 4.72 Å². The number of rotatable bonds is 4. The molecule has 112 valence electrons. The molecule has 1 aromatic carbocycles. The van der Waals surface area contributed by atoms with Gasteiger partial charge >= 0.3 is 0 Å². The average molecular weight is 323 g/mol. The number of piperazine rings is 1. The zero-order valence-corrected chi connectivity index (χ0v) is 13.1. The number of thiophene rings is 1. The van der Waals surface area contributed by atoms with Crippen molar-refractivity contribution >= 4 is 32.7 Å². The predicted octanol–water partition coefficient (Wildman–Crippen LogP) is 1.96. The lowest BCUT2D eigenvalue weighted by Gasteiger charge is -2.29. The lowest BCUT2D eigenvalue weighted by atomic mass is 10.2. The van der Waals surface area contributed by atoms with E-state index in [9.17, 15) is 8.42 Å². The van der Waals surface area contributed by atoms with Crippen molar-refractivity contribution in [3.63, 3.8) is 0 Å². The van der Waals surface area contributed by atoms with Crippen molar-refractivity contribution in [2.45, 2.75) is 4.21 Å². The SMILES string of the molecule is O=S(=O)(Nc1cccc(N2CCNCC2)c1)c1cccs1. The molecule has 0 saturated carbocycles. The Hall–Kier alpha value is -1.57. The van der Waals surface area contributed by atoms with E-state index in [0.29, 0.717) is 9.90 Å². The highest BCUT2D eigenvalue weighted by Crippen LogP contribution is 2.24. The van der Waals surface area contributed by atoms with Gasteiger partial charge in [-0.25, -0.2) is 8.42 Å². The second-order valence-corrected chi connectivity index (χ2v) is 7.68. The molecule has 21 heavy (non-hydrogen) atoms. The van der Waals surface area contributed by atoms with Crippen LogP contribution in [0.4, 0.5) is 11.4 Å². The van der Waals surface area contributed by atoms with Gasteiger partial charge in [-0.05, 0) is 29.6 Å². The van der Waals surface area contributed by atoms with E-state index in [4.69, 9.17) is 0 Å². The molecule has 0 spiro atoms. The third-order valence-corrected chi connectivity index (χ3v) is 6.12. The van der Waals surface area contributed by atoms with Crippen LogP contribution in [0.25, 0.3) is 0 Å². The monoisotopic (exact) mass is 323 g/mol. The van der Waals surface area contributed by atoms with Crippen LogP contribution in [0.15, 0.2) is 46.0 Å². The van der Waals surface area contributed by atoms with E-state index < -0.39 is 10.0 Å². The summed E-state index contributed by atoms with van der Waals surface area (Å²) in [5, 5.41) is 5.06. The number of hydrogen-bond acceptors (Lipinski definition) is 5. The molecule has 0 atom stereocenters. The first-order valence-electron chi connectivity index (χ1n) is 6.77. The molecule has 1 aliphatic rings. The van der Waals surface area contributed by atoms with Crippen LogP contribution in [0.1, 0.15) is 0 Å². The second kappa shape index (κ2) is 6.05. The summed E-state index contributed by atoms with van der Waals surface area (Å²) in [6.07, 6.45) is 0. The molecule has 5 nitrogen and oxygen atoms in total. The molecular weight excluding hydrogens is 306 g/mol. The summed E-state index contributed by atoms with van der Waals surface area (Å²) in [5.41, 5.74) is 1.64. The van der Waals surface area contributed by atoms with Crippen LogP contribution in [-0.2, 0) is 10.0 Å². The summed E-state index contributed by atoms with van der Waals surface area (Å²) in [6.45, 7) is 3.76. The Labute approximate surface area is 128 Å². The van der Waals surface area contributed by atoms with Gasteiger partial charge in [0.2, 0.25) is 0 Å². The van der Waals surface area contributed by atoms with Gasteiger partial charge in [-0.2, -0.15) is 0 Å². The third kappa shape index (κ3) is 3.37. The molecular formula is C14H17N3O2S2. The standard InChI is InChI=1S/C14H17N3O2S2/c18-21(19,14-5-2-10-20-14)16-12-3-1-4-13(11-12)17-8-6-15-7-9-17/h1-5,10-11,15-16H,6-9H2. The molecule has 1 aliphatic heterocycles. The summed E-state index contributed by atoms with van der Waals surface area (Å²) < 4.78 is 27.4. The van der Waals surface area contributed by atoms with Crippen molar-refractivity contribution < 1.29 is 8.42 Å². The van der Waals surface area contributed by atoms with Crippen LogP contribution in [0.2, 0.25) is 0 Å². The fraction of sp³-hybridized carbons (Fsp3) is 0.286. The summed E-state index contributed by atoms with van der Waals surface area (Å²) >= 11 is 1.21. The maximum absolute atomic E-state index is 12.2. The Morgan fingerprint density at radius 1 is 1.14 bits per heavy atom. The van der Waals surface area contributed by atoms with Gasteiger partial charge in [-0.15, -0.1) is 11.3 Å². The third-order valence-electron chi connectivity index (χ3n) is 3.34. The topological polar surface area (TPSA) is 61.4 Å². The molecule has 1 fully saturated rings. The van der Waals surface area contributed by atoms with Gasteiger partial charge in [0.1, 0.15) is 4.21 Å². The highest BCUT2D eigenvalue weighted by atomic mass is 32.2. The van der Waals surface area contributed by atoms with E-state index >= 15 is 0 Å². The van der Waals surface area contributed by atoms with E-state index in [2.05, 4.69) is 14.9 Å². The highest BCUT2D eigenvalue weighted by Gasteiger charge is 2.16. The van der Waals surface area contributed by atoms with E-state index in [-0.39, 0.29) is 0 Å². The van der Waals surface area contributed by atoms with Gasteiger partial charge in [0.05, 0.1) is 5.69 Å². The molecule has 0 radical (unpaired) electrons. The van der Waals surface area contributed by atoms with Gasteiger partial charge in [0.25, 0.3) is 10.0 Å². The first kappa shape index (κ1) is 14.4. The smallest absolute Gasteiger partial charge is 0.271 e. The zero-order chi connectivity index (χ0) is 14.7. The Morgan fingerprint density at radius 2 is 1.95 bits per heavy atom. The maximum Gasteiger partial charge on any atom is 0.271 e. The molecule has 0 amide bonds. The van der Waals surface area contributed by atoms with E-state index in [0.717, 1.165) is 31.9 Å². The summed E-state index contributed by atoms with van der Waals surface area (Å²) in [5.74, 6) is 0. The number of nitrogens with one attached hydrogen (secondary N) is 2. The number of hydrogen-bond donors (Lipinski definition) is 2. The van der Waals surface area contributed by atoms with E-state index in [1.807, 2.05) is 18.2 Å². The Kier molecular flexibility index (Phi) is 4.14. The lowest BCUT2D eigenvalue weighted by molar-refractivity contribution is 0.589. The Bertz CT molecular complexity index is 693. The van der Waals surface area contributed by atoms with Gasteiger partial charge in [-0.1, -0.05) is 12.1 Å². The maximum atomic E-state index is 12.2. The Morgan fingerprint density at radius 3 is 2.67 bits per heavy atom. The minimum atomic E-state index is -3.48. The van der Waals surface area contributed by atoms with Crippen molar-refractivity contribution in [2.24, 2.45) is 0 Å². The normalized spacial score (nSPS) is 15.9. The molecule has 2 heterocycles. The van der Waals surface area contributed by atoms with Crippen molar-refractivity contribution in [3.8, 4) is 0 Å². The fourth-order valence-corrected chi connectivity index (χ4v) is 4.35. The molecule has 7 heteroatoms. The van der Waals surface area contributed by atoms with E-state index in [1.165, 1.54) is 11.3 Å². The van der Waals surface area contributed by atoms with Gasteiger partial charge in [0, 0.05) is 31.9 Å². The van der Waals surface area contributed by atoms with Crippen LogP contribution in [-0.4, -0.2) is 34.6 Å². The number of nitrogens with zero attached hydrogens (tertiary/aromatic N) is 1. The molecule has 0 aliphatic carbocycles. The minimum absolute atomic E-state index is 0.329. The van der Waals surface area contributed by atoms with Gasteiger partial charge in [0.15, 0.2) is 0 Å². The van der Waals surface area contributed by atoms with Crippen molar-refractivity contribution in [3.05, 3.63) is 41.8 Å². The predicted molar refractivity (Wildman–Crippen MR) is 86.7 cm³/mol. The molecule has 1 saturated heterocycles. The van der Waals surface area contributed by atoms with Crippen LogP contribution >= 0.6 is 11.3 Å². The first-order chi connectivity index (χ1) is 10.1. The number of sulfonamides is 1. The highest BCUT2D eigenvalue weighted by molar-refractivity contribution is 7.94. The second-order valence-electron chi connectivity index (χ2n) is 4.82. The zero-order valence-electron chi connectivity index (χ0n) is 11.5. The largest absolute Gasteiger partial charge is 0.369 e. The summed E-state index contributed by atoms with van der Waals surface area (Å²) in [4.78, 5) is 2.25. The number of benzene rings is 1. The quantitative estimate of drug-likeness (QED) is 0.903. The summed E-state index contributed by atoms with van der Waals surface area (Å²) in [6, 6.07) is 10.9. The lowest BCUT2D eigenvalue weighted by Crippen LogP contribution is -2.43. The van der Waals surface area contributed by atoms with E-state index in [1.54, 1.807) is 23.6 Å². The van der Waals surface area contributed by atoms with Crippen LogP contribution in [0.3, 0.4) is 0 Å². The average Bonchev–Trinajstić information content (AvgIpc) is 3.03. The first-order valence-corrected chi connectivity index (χ1v) is 9.13. The molecule has 1 aromatic heterocycles. The van der Waals surface area contributed by atoms with Crippen LogP contribution in [0.5, 0.6) is 0 Å². The van der Waals surface area contributed by atoms with Crippen molar-refractivity contribution in [1.82, 2.24) is 5.32 Å². The molecule has 0 bridgehead atoms. The van der Waals surface area contributed by atoms with Gasteiger partial charge < -0.3 is 10.2 Å². The van der Waals surface area contributed by atoms with Crippen LogP contribution in [0, 0.1) is 0 Å². The Balaban J connectivity index is 1.80. The minimum Gasteiger partial charge on any atom is -0.369 e. The molecule has 2 aromatic rings. The van der Waals surface area contributed by atoms with Crippen LogP contribution < -0.4 is 14.9 Å². The fourth-order valence-electron chi connectivity index (χ4n) is 2.31. The molecule has 2 N–H and O–H groups in total.